The number of carbonyl (C=O) groups excluding carboxylic acids is 1. The molecule has 2 heterocycles. The lowest BCUT2D eigenvalue weighted by atomic mass is 9.90. The van der Waals surface area contributed by atoms with Gasteiger partial charge in [0, 0.05) is 19.7 Å². The molecule has 0 saturated carbocycles. The van der Waals surface area contributed by atoms with Gasteiger partial charge in [0.2, 0.25) is 5.91 Å². The van der Waals surface area contributed by atoms with Crippen molar-refractivity contribution in [1.82, 2.24) is 4.90 Å². The van der Waals surface area contributed by atoms with E-state index in [2.05, 4.69) is 25.1 Å². The van der Waals surface area contributed by atoms with Crippen LogP contribution in [-0.4, -0.2) is 36.6 Å². The van der Waals surface area contributed by atoms with E-state index in [1.54, 1.807) is 0 Å². The van der Waals surface area contributed by atoms with Crippen LogP contribution in [0.3, 0.4) is 0 Å². The van der Waals surface area contributed by atoms with E-state index >= 15 is 0 Å². The predicted octanol–water partition coefficient (Wildman–Crippen LogP) is 1.89. The first kappa shape index (κ1) is 14.5. The Morgan fingerprint density at radius 2 is 2.24 bits per heavy atom. The molecule has 0 radical (unpaired) electrons. The molecule has 0 spiro atoms. The van der Waals surface area contributed by atoms with Crippen molar-refractivity contribution in [2.45, 2.75) is 38.3 Å². The van der Waals surface area contributed by atoms with Gasteiger partial charge in [0.15, 0.2) is 0 Å². The number of carbonyl (C=O) groups is 1. The van der Waals surface area contributed by atoms with Crippen molar-refractivity contribution >= 4 is 5.91 Å². The number of amides is 1. The zero-order chi connectivity index (χ0) is 14.8. The van der Waals surface area contributed by atoms with Gasteiger partial charge in [-0.25, -0.2) is 0 Å². The number of hydrogen-bond donors (Lipinski definition) is 1. The number of nitrogens with zero attached hydrogens (tertiary/aromatic N) is 1. The Hall–Kier alpha value is -1.39. The lowest BCUT2D eigenvalue weighted by Crippen LogP contribution is -2.47. The van der Waals surface area contributed by atoms with Crippen LogP contribution in [0.15, 0.2) is 24.3 Å². The number of nitrogens with two attached hydrogens (primary N) is 1. The minimum atomic E-state index is 0.00862. The molecule has 21 heavy (non-hydrogen) atoms. The number of hydrogen-bond acceptors (Lipinski definition) is 3. The normalized spacial score (nSPS) is 28.5. The highest BCUT2D eigenvalue weighted by atomic mass is 16.5. The van der Waals surface area contributed by atoms with Crippen molar-refractivity contribution in [3.05, 3.63) is 35.4 Å². The maximum atomic E-state index is 12.9. The first-order chi connectivity index (χ1) is 10.3. The van der Waals surface area contributed by atoms with E-state index in [9.17, 15) is 4.79 Å². The van der Waals surface area contributed by atoms with E-state index in [1.165, 1.54) is 11.1 Å². The maximum absolute atomic E-state index is 12.9. The Morgan fingerprint density at radius 1 is 1.43 bits per heavy atom. The van der Waals surface area contributed by atoms with Crippen LogP contribution in [-0.2, 0) is 16.0 Å². The summed E-state index contributed by atoms with van der Waals surface area (Å²) in [5, 5.41) is 0. The van der Waals surface area contributed by atoms with Crippen molar-refractivity contribution in [1.29, 1.82) is 0 Å². The van der Waals surface area contributed by atoms with Crippen LogP contribution < -0.4 is 5.73 Å². The SMILES string of the molecule is CCC1OCCC1C(=O)N1CCc2ccccc2C1CN. The average Bonchev–Trinajstić information content (AvgIpc) is 3.01. The molecule has 4 nitrogen and oxygen atoms in total. The number of benzene rings is 1. The first-order valence-corrected chi connectivity index (χ1v) is 7.96. The van der Waals surface area contributed by atoms with Gasteiger partial charge in [-0.2, -0.15) is 0 Å². The third-order valence-corrected chi connectivity index (χ3v) is 4.85. The van der Waals surface area contributed by atoms with E-state index in [0.717, 1.165) is 25.8 Å². The predicted molar refractivity (Wildman–Crippen MR) is 81.8 cm³/mol. The highest BCUT2D eigenvalue weighted by Crippen LogP contribution is 2.33. The van der Waals surface area contributed by atoms with E-state index in [1.807, 2.05) is 11.0 Å². The summed E-state index contributed by atoms with van der Waals surface area (Å²) in [4.78, 5) is 14.9. The van der Waals surface area contributed by atoms with Crippen molar-refractivity contribution in [3.63, 3.8) is 0 Å². The Morgan fingerprint density at radius 3 is 3.00 bits per heavy atom. The van der Waals surface area contributed by atoms with Gasteiger partial charge in [-0.3, -0.25) is 4.79 Å². The molecule has 1 aromatic carbocycles. The molecule has 0 aliphatic carbocycles. The van der Waals surface area contributed by atoms with E-state index in [4.69, 9.17) is 10.5 Å². The van der Waals surface area contributed by atoms with Gasteiger partial charge < -0.3 is 15.4 Å². The zero-order valence-electron chi connectivity index (χ0n) is 12.6. The fourth-order valence-electron chi connectivity index (χ4n) is 3.72. The molecule has 0 aromatic heterocycles. The molecular weight excluding hydrogens is 264 g/mol. The second-order valence-electron chi connectivity index (χ2n) is 5.94. The van der Waals surface area contributed by atoms with Crippen LogP contribution in [0.5, 0.6) is 0 Å². The summed E-state index contributed by atoms with van der Waals surface area (Å²) in [6, 6.07) is 8.35. The van der Waals surface area contributed by atoms with Crippen molar-refractivity contribution < 1.29 is 9.53 Å². The fraction of sp³-hybridized carbons (Fsp3) is 0.588. The average molecular weight is 288 g/mol. The molecule has 3 atom stereocenters. The van der Waals surface area contributed by atoms with Gasteiger partial charge in [0.25, 0.3) is 0 Å². The minimum absolute atomic E-state index is 0.00862. The monoisotopic (exact) mass is 288 g/mol. The molecule has 1 saturated heterocycles. The van der Waals surface area contributed by atoms with Gasteiger partial charge in [-0.15, -0.1) is 0 Å². The number of fused-ring (bicyclic) bond motifs is 1. The molecule has 2 aliphatic heterocycles. The van der Waals surface area contributed by atoms with Gasteiger partial charge >= 0.3 is 0 Å². The molecule has 2 N–H and O–H groups in total. The molecule has 2 aliphatic rings. The van der Waals surface area contributed by atoms with E-state index in [-0.39, 0.29) is 24.0 Å². The van der Waals surface area contributed by atoms with Crippen LogP contribution in [0.2, 0.25) is 0 Å². The molecule has 1 aromatic rings. The molecule has 0 bridgehead atoms. The van der Waals surface area contributed by atoms with Crippen LogP contribution in [0, 0.1) is 5.92 Å². The Balaban J connectivity index is 1.84. The van der Waals surface area contributed by atoms with Gasteiger partial charge in [0.05, 0.1) is 18.1 Å². The van der Waals surface area contributed by atoms with Gasteiger partial charge in [-0.05, 0) is 30.4 Å². The second-order valence-corrected chi connectivity index (χ2v) is 5.94. The molecule has 1 fully saturated rings. The topological polar surface area (TPSA) is 55.6 Å². The summed E-state index contributed by atoms with van der Waals surface area (Å²) in [7, 11) is 0. The standard InChI is InChI=1S/C17H24N2O2/c1-2-16-14(8-10-21-16)17(20)19-9-7-12-5-3-4-6-13(12)15(19)11-18/h3-6,14-16H,2,7-11,18H2,1H3. The number of rotatable bonds is 3. The van der Waals surface area contributed by atoms with Gasteiger partial charge in [-0.1, -0.05) is 31.2 Å². The van der Waals surface area contributed by atoms with Gasteiger partial charge in [0.1, 0.15) is 0 Å². The summed E-state index contributed by atoms with van der Waals surface area (Å²) < 4.78 is 5.69. The summed E-state index contributed by atoms with van der Waals surface area (Å²) in [6.07, 6.45) is 2.73. The first-order valence-electron chi connectivity index (χ1n) is 7.96. The van der Waals surface area contributed by atoms with Crippen LogP contribution in [0.1, 0.15) is 36.9 Å². The van der Waals surface area contributed by atoms with Crippen LogP contribution in [0.4, 0.5) is 0 Å². The quantitative estimate of drug-likeness (QED) is 0.924. The highest BCUT2D eigenvalue weighted by Gasteiger charge is 2.39. The van der Waals surface area contributed by atoms with Crippen molar-refractivity contribution in [2.75, 3.05) is 19.7 Å². The summed E-state index contributed by atoms with van der Waals surface area (Å²) in [6.45, 7) is 4.03. The largest absolute Gasteiger partial charge is 0.377 e. The van der Waals surface area contributed by atoms with Crippen molar-refractivity contribution in [3.8, 4) is 0 Å². The Bertz CT molecular complexity index is 517. The van der Waals surface area contributed by atoms with E-state index in [0.29, 0.717) is 13.2 Å². The Labute approximate surface area is 126 Å². The molecule has 3 rings (SSSR count). The highest BCUT2D eigenvalue weighted by molar-refractivity contribution is 5.80. The third kappa shape index (κ3) is 2.58. The molecule has 3 unspecified atom stereocenters. The summed E-state index contributed by atoms with van der Waals surface area (Å²) in [5.74, 6) is 0.235. The lowest BCUT2D eigenvalue weighted by Gasteiger charge is -2.38. The molecular formula is C17H24N2O2. The summed E-state index contributed by atoms with van der Waals surface area (Å²) in [5.41, 5.74) is 8.53. The van der Waals surface area contributed by atoms with Crippen LogP contribution >= 0.6 is 0 Å². The Kier molecular flexibility index (Phi) is 4.27. The third-order valence-electron chi connectivity index (χ3n) is 4.85. The fourth-order valence-corrected chi connectivity index (χ4v) is 3.72. The lowest BCUT2D eigenvalue weighted by molar-refractivity contribution is -0.140. The minimum Gasteiger partial charge on any atom is -0.377 e. The zero-order valence-corrected chi connectivity index (χ0v) is 12.6. The molecule has 4 heteroatoms. The van der Waals surface area contributed by atoms with E-state index < -0.39 is 0 Å². The molecule has 114 valence electrons. The van der Waals surface area contributed by atoms with Crippen LogP contribution in [0.25, 0.3) is 0 Å². The summed E-state index contributed by atoms with van der Waals surface area (Å²) >= 11 is 0. The smallest absolute Gasteiger partial charge is 0.228 e. The van der Waals surface area contributed by atoms with Crippen molar-refractivity contribution in [2.24, 2.45) is 11.7 Å². The number of ether oxygens (including phenoxy) is 1. The molecule has 1 amide bonds. The maximum Gasteiger partial charge on any atom is 0.228 e. The second kappa shape index (κ2) is 6.16.